The molecule has 0 saturated heterocycles. The van der Waals surface area contributed by atoms with Gasteiger partial charge in [-0.2, -0.15) is 0 Å². The highest BCUT2D eigenvalue weighted by molar-refractivity contribution is 5.03. The molecular formula is C20H38N2. The van der Waals surface area contributed by atoms with E-state index in [1.165, 1.54) is 70.8 Å². The van der Waals surface area contributed by atoms with E-state index in [2.05, 4.69) is 24.5 Å². The van der Waals surface area contributed by atoms with E-state index in [9.17, 15) is 0 Å². The van der Waals surface area contributed by atoms with Crippen LogP contribution in [-0.4, -0.2) is 25.7 Å². The molecule has 0 spiro atoms. The molecule has 2 N–H and O–H groups in total. The van der Waals surface area contributed by atoms with Crippen molar-refractivity contribution in [2.24, 2.45) is 23.2 Å². The maximum Gasteiger partial charge on any atom is 0.00793 e. The Balaban J connectivity index is 1.27. The summed E-state index contributed by atoms with van der Waals surface area (Å²) in [4.78, 5) is 0. The van der Waals surface area contributed by atoms with Gasteiger partial charge in [0.2, 0.25) is 0 Å². The lowest BCUT2D eigenvalue weighted by molar-refractivity contribution is -0.103. The van der Waals surface area contributed by atoms with E-state index >= 15 is 0 Å². The summed E-state index contributed by atoms with van der Waals surface area (Å²) in [6.07, 6.45) is 14.5. The molecule has 2 bridgehead atoms. The molecule has 0 aliphatic heterocycles. The summed E-state index contributed by atoms with van der Waals surface area (Å²) in [7, 11) is 0. The van der Waals surface area contributed by atoms with Gasteiger partial charge in [0, 0.05) is 19.1 Å². The smallest absolute Gasteiger partial charge is 0.00793 e. The summed E-state index contributed by atoms with van der Waals surface area (Å²) in [5, 5.41) is 7.55. The lowest BCUT2D eigenvalue weighted by atomic mass is 9.45. The zero-order chi connectivity index (χ0) is 15.4. The molecular weight excluding hydrogens is 268 g/mol. The van der Waals surface area contributed by atoms with Gasteiger partial charge < -0.3 is 10.6 Å². The Kier molecular flexibility index (Phi) is 5.84. The van der Waals surface area contributed by atoms with Gasteiger partial charge in [0.15, 0.2) is 0 Å². The average molecular weight is 307 g/mol. The Morgan fingerprint density at radius 1 is 0.864 bits per heavy atom. The Hall–Kier alpha value is -0.0800. The van der Waals surface area contributed by atoms with E-state index in [-0.39, 0.29) is 0 Å². The molecule has 0 heterocycles. The Bertz CT molecular complexity index is 329. The van der Waals surface area contributed by atoms with Gasteiger partial charge in [-0.15, -0.1) is 0 Å². The molecule has 0 aromatic carbocycles. The summed E-state index contributed by atoms with van der Waals surface area (Å²) in [5.41, 5.74) is 0.641. The van der Waals surface area contributed by atoms with Gasteiger partial charge in [-0.05, 0) is 61.8 Å². The van der Waals surface area contributed by atoms with E-state index in [1.807, 2.05) is 0 Å². The van der Waals surface area contributed by atoms with Crippen molar-refractivity contribution < 1.29 is 0 Å². The van der Waals surface area contributed by atoms with Crippen LogP contribution in [0.15, 0.2) is 0 Å². The number of hydrogen-bond donors (Lipinski definition) is 2. The molecule has 4 aliphatic carbocycles. The molecule has 0 unspecified atom stereocenters. The fourth-order valence-electron chi connectivity index (χ4n) is 5.52. The van der Waals surface area contributed by atoms with Crippen LogP contribution < -0.4 is 10.6 Å². The van der Waals surface area contributed by atoms with E-state index in [0.717, 1.165) is 36.9 Å². The SMILES string of the molecule is CC1(C)[C@H]2CC[C@@H](CNCCNC3CCCCCCC3)[C@@H]1C2. The van der Waals surface area contributed by atoms with Crippen molar-refractivity contribution in [2.45, 2.75) is 84.1 Å². The van der Waals surface area contributed by atoms with Crippen molar-refractivity contribution in [1.82, 2.24) is 10.6 Å². The van der Waals surface area contributed by atoms with Gasteiger partial charge in [-0.25, -0.2) is 0 Å². The van der Waals surface area contributed by atoms with Crippen LogP contribution in [-0.2, 0) is 0 Å². The second kappa shape index (κ2) is 7.66. The second-order valence-corrected chi connectivity index (χ2v) is 8.90. The molecule has 4 rings (SSSR count). The van der Waals surface area contributed by atoms with Crippen molar-refractivity contribution in [3.8, 4) is 0 Å². The first-order valence-corrected chi connectivity index (χ1v) is 10.1. The van der Waals surface area contributed by atoms with Crippen molar-refractivity contribution in [3.05, 3.63) is 0 Å². The van der Waals surface area contributed by atoms with Gasteiger partial charge in [0.25, 0.3) is 0 Å². The van der Waals surface area contributed by atoms with Crippen LogP contribution in [0.5, 0.6) is 0 Å². The molecule has 0 amide bonds. The van der Waals surface area contributed by atoms with Crippen LogP contribution in [0, 0.1) is 23.2 Å². The highest BCUT2D eigenvalue weighted by atomic mass is 15.0. The van der Waals surface area contributed by atoms with Crippen LogP contribution in [0.25, 0.3) is 0 Å². The van der Waals surface area contributed by atoms with Crippen molar-refractivity contribution >= 4 is 0 Å². The normalized spacial score (nSPS) is 35.5. The summed E-state index contributed by atoms with van der Waals surface area (Å²) in [6, 6.07) is 0.795. The fraction of sp³-hybridized carbons (Fsp3) is 1.00. The Morgan fingerprint density at radius 3 is 2.27 bits per heavy atom. The van der Waals surface area contributed by atoms with Crippen molar-refractivity contribution in [1.29, 1.82) is 0 Å². The second-order valence-electron chi connectivity index (χ2n) is 8.90. The first kappa shape index (κ1) is 16.8. The standard InChI is InChI=1S/C20H38N2/c1-20(2)17-11-10-16(19(20)14-17)15-21-12-13-22-18-8-6-4-3-5-7-9-18/h16-19,21-22H,3-15H2,1-2H3/t16-,17-,19-/m0/s1. The fourth-order valence-corrected chi connectivity index (χ4v) is 5.52. The van der Waals surface area contributed by atoms with E-state index in [4.69, 9.17) is 0 Å². The van der Waals surface area contributed by atoms with Crippen molar-refractivity contribution in [2.75, 3.05) is 19.6 Å². The van der Waals surface area contributed by atoms with Gasteiger partial charge in [0.1, 0.15) is 0 Å². The quantitative estimate of drug-likeness (QED) is 0.713. The maximum atomic E-state index is 3.80. The van der Waals surface area contributed by atoms with E-state index in [0.29, 0.717) is 5.41 Å². The minimum atomic E-state index is 0.641. The first-order chi connectivity index (χ1) is 10.7. The van der Waals surface area contributed by atoms with Gasteiger partial charge in [-0.3, -0.25) is 0 Å². The predicted molar refractivity (Wildman–Crippen MR) is 95.1 cm³/mol. The topological polar surface area (TPSA) is 24.1 Å². The summed E-state index contributed by atoms with van der Waals surface area (Å²) >= 11 is 0. The molecule has 4 fully saturated rings. The lowest BCUT2D eigenvalue weighted by Gasteiger charge is -2.60. The van der Waals surface area contributed by atoms with Crippen LogP contribution in [0.1, 0.15) is 78.1 Å². The third-order valence-electron chi connectivity index (χ3n) is 7.25. The molecule has 2 nitrogen and oxygen atoms in total. The predicted octanol–water partition coefficient (Wildman–Crippen LogP) is 4.35. The van der Waals surface area contributed by atoms with Gasteiger partial charge in [-0.1, -0.05) is 46.0 Å². The zero-order valence-corrected chi connectivity index (χ0v) is 15.0. The van der Waals surface area contributed by atoms with Crippen LogP contribution in [0.2, 0.25) is 0 Å². The molecule has 3 atom stereocenters. The maximum absolute atomic E-state index is 3.80. The largest absolute Gasteiger partial charge is 0.315 e. The Labute approximate surface area is 138 Å². The zero-order valence-electron chi connectivity index (χ0n) is 15.0. The molecule has 0 aromatic rings. The summed E-state index contributed by atoms with van der Waals surface area (Å²) < 4.78 is 0. The van der Waals surface area contributed by atoms with Crippen LogP contribution in [0.4, 0.5) is 0 Å². The van der Waals surface area contributed by atoms with Crippen LogP contribution >= 0.6 is 0 Å². The molecule has 22 heavy (non-hydrogen) atoms. The lowest BCUT2D eigenvalue weighted by Crippen LogP contribution is -2.54. The van der Waals surface area contributed by atoms with Crippen molar-refractivity contribution in [3.63, 3.8) is 0 Å². The summed E-state index contributed by atoms with van der Waals surface area (Å²) in [6.45, 7) is 8.59. The molecule has 2 heteroatoms. The summed E-state index contributed by atoms with van der Waals surface area (Å²) in [5.74, 6) is 2.98. The number of hydrogen-bond acceptors (Lipinski definition) is 2. The molecule has 4 saturated carbocycles. The molecule has 0 aromatic heterocycles. The average Bonchev–Trinajstić information content (AvgIpc) is 2.48. The highest BCUT2D eigenvalue weighted by Gasteiger charge is 2.53. The minimum Gasteiger partial charge on any atom is -0.315 e. The molecule has 0 radical (unpaired) electrons. The van der Waals surface area contributed by atoms with Gasteiger partial charge >= 0.3 is 0 Å². The molecule has 128 valence electrons. The number of fused-ring (bicyclic) bond motifs is 2. The first-order valence-electron chi connectivity index (χ1n) is 10.1. The van der Waals surface area contributed by atoms with Gasteiger partial charge in [0.05, 0.1) is 0 Å². The van der Waals surface area contributed by atoms with E-state index < -0.39 is 0 Å². The molecule has 4 aliphatic rings. The van der Waals surface area contributed by atoms with E-state index in [1.54, 1.807) is 0 Å². The number of nitrogens with one attached hydrogen (secondary N) is 2. The minimum absolute atomic E-state index is 0.641. The highest BCUT2D eigenvalue weighted by Crippen LogP contribution is 2.61. The van der Waals surface area contributed by atoms with Crippen LogP contribution in [0.3, 0.4) is 0 Å². The monoisotopic (exact) mass is 306 g/mol. The third kappa shape index (κ3) is 3.87. The third-order valence-corrected chi connectivity index (χ3v) is 7.25. The number of rotatable bonds is 6. The Morgan fingerprint density at radius 2 is 1.59 bits per heavy atom.